The Morgan fingerprint density at radius 2 is 1.81 bits per heavy atom. The fourth-order valence-electron chi connectivity index (χ4n) is 2.32. The number of unbranched alkanes of at least 4 members (excludes halogenated alkanes) is 1. The van der Waals surface area contributed by atoms with Gasteiger partial charge >= 0.3 is 0 Å². The van der Waals surface area contributed by atoms with E-state index in [0.717, 1.165) is 36.4 Å². The fourth-order valence-corrected chi connectivity index (χ4v) is 2.32. The largest absolute Gasteiger partial charge is 0.368 e. The number of hydrogen-bond acceptors (Lipinski definition) is 4. The minimum atomic E-state index is 0.616. The van der Waals surface area contributed by atoms with Gasteiger partial charge in [-0.05, 0) is 47.2 Å². The number of nitrogens with zero attached hydrogens (tertiary/aromatic N) is 3. The predicted octanol–water partition coefficient (Wildman–Crippen LogP) is 3.47. The second-order valence-electron chi connectivity index (χ2n) is 5.89. The standard InChI is InChI=1S/C17H26N4/c1-13(2)21(4)12-8-7-11-18-17-16-10-6-5-9-15(16)14(3)19-20-17/h5-6,9-10,13H,7-8,11-12H2,1-4H3,(H,18,20). The monoisotopic (exact) mass is 286 g/mol. The normalized spacial score (nSPS) is 11.5. The Hall–Kier alpha value is -1.68. The lowest BCUT2D eigenvalue weighted by atomic mass is 10.1. The molecule has 0 atom stereocenters. The third kappa shape index (κ3) is 4.14. The van der Waals surface area contributed by atoms with Gasteiger partial charge < -0.3 is 10.2 Å². The number of aryl methyl sites for hydroxylation is 1. The molecule has 0 spiro atoms. The van der Waals surface area contributed by atoms with Gasteiger partial charge in [-0.3, -0.25) is 0 Å². The van der Waals surface area contributed by atoms with Crippen LogP contribution in [0.25, 0.3) is 10.8 Å². The number of rotatable bonds is 7. The van der Waals surface area contributed by atoms with E-state index in [9.17, 15) is 0 Å². The van der Waals surface area contributed by atoms with Gasteiger partial charge in [-0.15, -0.1) is 5.10 Å². The number of hydrogen-bond donors (Lipinski definition) is 1. The van der Waals surface area contributed by atoms with Gasteiger partial charge in [-0.2, -0.15) is 5.10 Å². The van der Waals surface area contributed by atoms with Gasteiger partial charge in [-0.1, -0.05) is 24.3 Å². The first-order valence-electron chi connectivity index (χ1n) is 7.75. The first-order valence-corrected chi connectivity index (χ1v) is 7.75. The molecule has 1 heterocycles. The number of anilines is 1. The Kier molecular flexibility index (Phi) is 5.51. The van der Waals surface area contributed by atoms with Crippen molar-refractivity contribution in [1.29, 1.82) is 0 Å². The average Bonchev–Trinajstić information content (AvgIpc) is 2.49. The van der Waals surface area contributed by atoms with Crippen LogP contribution in [0.15, 0.2) is 24.3 Å². The summed E-state index contributed by atoms with van der Waals surface area (Å²) in [5.41, 5.74) is 0.981. The minimum Gasteiger partial charge on any atom is -0.368 e. The van der Waals surface area contributed by atoms with E-state index in [4.69, 9.17) is 0 Å². The summed E-state index contributed by atoms with van der Waals surface area (Å²) in [6.07, 6.45) is 2.33. The summed E-state index contributed by atoms with van der Waals surface area (Å²) in [4.78, 5) is 2.38. The summed E-state index contributed by atoms with van der Waals surface area (Å²) in [6.45, 7) is 8.53. The van der Waals surface area contributed by atoms with E-state index in [1.807, 2.05) is 19.1 Å². The average molecular weight is 286 g/mol. The lowest BCUT2D eigenvalue weighted by Crippen LogP contribution is -2.27. The third-order valence-electron chi connectivity index (χ3n) is 3.98. The maximum Gasteiger partial charge on any atom is 0.156 e. The highest BCUT2D eigenvalue weighted by molar-refractivity contribution is 5.92. The van der Waals surface area contributed by atoms with Gasteiger partial charge in [0.1, 0.15) is 0 Å². The van der Waals surface area contributed by atoms with Crippen molar-refractivity contribution in [3.8, 4) is 0 Å². The van der Waals surface area contributed by atoms with Gasteiger partial charge in [0, 0.05) is 23.4 Å². The molecule has 0 unspecified atom stereocenters. The highest BCUT2D eigenvalue weighted by Gasteiger charge is 2.06. The van der Waals surface area contributed by atoms with Crippen molar-refractivity contribution in [1.82, 2.24) is 15.1 Å². The maximum atomic E-state index is 4.30. The second-order valence-corrected chi connectivity index (χ2v) is 5.89. The maximum absolute atomic E-state index is 4.30. The van der Waals surface area contributed by atoms with Crippen LogP contribution in [-0.4, -0.2) is 41.3 Å². The summed E-state index contributed by atoms with van der Waals surface area (Å²) >= 11 is 0. The topological polar surface area (TPSA) is 41.1 Å². The van der Waals surface area contributed by atoms with E-state index >= 15 is 0 Å². The van der Waals surface area contributed by atoms with E-state index in [2.05, 4.69) is 53.4 Å². The van der Waals surface area contributed by atoms with Crippen LogP contribution in [0, 0.1) is 6.92 Å². The van der Waals surface area contributed by atoms with Crippen molar-refractivity contribution in [2.75, 3.05) is 25.5 Å². The zero-order valence-electron chi connectivity index (χ0n) is 13.6. The molecule has 2 rings (SSSR count). The smallest absolute Gasteiger partial charge is 0.156 e. The van der Waals surface area contributed by atoms with Crippen molar-refractivity contribution in [3.05, 3.63) is 30.0 Å². The zero-order chi connectivity index (χ0) is 15.2. The van der Waals surface area contributed by atoms with E-state index < -0.39 is 0 Å². The molecule has 4 heteroatoms. The van der Waals surface area contributed by atoms with E-state index in [1.165, 1.54) is 11.8 Å². The van der Waals surface area contributed by atoms with Crippen LogP contribution >= 0.6 is 0 Å². The van der Waals surface area contributed by atoms with Crippen molar-refractivity contribution in [2.24, 2.45) is 0 Å². The molecule has 1 N–H and O–H groups in total. The molecule has 0 amide bonds. The predicted molar refractivity (Wildman–Crippen MR) is 89.8 cm³/mol. The lowest BCUT2D eigenvalue weighted by Gasteiger charge is -2.20. The van der Waals surface area contributed by atoms with Crippen LogP contribution in [0.4, 0.5) is 5.82 Å². The zero-order valence-corrected chi connectivity index (χ0v) is 13.6. The van der Waals surface area contributed by atoms with Crippen LogP contribution in [0.5, 0.6) is 0 Å². The van der Waals surface area contributed by atoms with Gasteiger partial charge in [0.05, 0.1) is 5.69 Å². The summed E-state index contributed by atoms with van der Waals surface area (Å²) in [7, 11) is 2.18. The molecule has 0 fully saturated rings. The molecule has 0 radical (unpaired) electrons. The quantitative estimate of drug-likeness (QED) is 0.791. The molecule has 0 aliphatic rings. The molecule has 0 saturated heterocycles. The first-order chi connectivity index (χ1) is 10.1. The Morgan fingerprint density at radius 1 is 1.10 bits per heavy atom. The minimum absolute atomic E-state index is 0.616. The van der Waals surface area contributed by atoms with Crippen LogP contribution in [-0.2, 0) is 0 Å². The molecule has 1 aromatic heterocycles. The van der Waals surface area contributed by atoms with E-state index in [0.29, 0.717) is 6.04 Å². The molecule has 0 aliphatic carbocycles. The molecule has 0 aliphatic heterocycles. The molecular formula is C17H26N4. The molecule has 2 aromatic rings. The fraction of sp³-hybridized carbons (Fsp3) is 0.529. The van der Waals surface area contributed by atoms with Crippen molar-refractivity contribution < 1.29 is 0 Å². The Morgan fingerprint density at radius 3 is 2.52 bits per heavy atom. The van der Waals surface area contributed by atoms with Crippen LogP contribution < -0.4 is 5.32 Å². The van der Waals surface area contributed by atoms with Gasteiger partial charge in [-0.25, -0.2) is 0 Å². The molecule has 114 valence electrons. The van der Waals surface area contributed by atoms with E-state index in [1.54, 1.807) is 0 Å². The van der Waals surface area contributed by atoms with Crippen molar-refractivity contribution in [2.45, 2.75) is 39.7 Å². The van der Waals surface area contributed by atoms with Gasteiger partial charge in [0.15, 0.2) is 5.82 Å². The van der Waals surface area contributed by atoms with Crippen LogP contribution in [0.1, 0.15) is 32.4 Å². The van der Waals surface area contributed by atoms with E-state index in [-0.39, 0.29) is 0 Å². The summed E-state index contributed by atoms with van der Waals surface area (Å²) in [5.74, 6) is 0.897. The lowest BCUT2D eigenvalue weighted by molar-refractivity contribution is 0.269. The number of nitrogens with one attached hydrogen (secondary N) is 1. The Balaban J connectivity index is 1.88. The summed E-state index contributed by atoms with van der Waals surface area (Å²) < 4.78 is 0. The van der Waals surface area contributed by atoms with Crippen LogP contribution in [0.3, 0.4) is 0 Å². The van der Waals surface area contributed by atoms with Crippen molar-refractivity contribution in [3.63, 3.8) is 0 Å². The molecule has 21 heavy (non-hydrogen) atoms. The molecule has 0 bridgehead atoms. The molecule has 0 saturated carbocycles. The van der Waals surface area contributed by atoms with Gasteiger partial charge in [0.25, 0.3) is 0 Å². The SMILES string of the molecule is Cc1nnc(NCCCCN(C)C(C)C)c2ccccc12. The number of benzene rings is 1. The number of fused-ring (bicyclic) bond motifs is 1. The highest BCUT2D eigenvalue weighted by atomic mass is 15.2. The highest BCUT2D eigenvalue weighted by Crippen LogP contribution is 2.22. The van der Waals surface area contributed by atoms with Crippen LogP contribution in [0.2, 0.25) is 0 Å². The summed E-state index contributed by atoms with van der Waals surface area (Å²) in [5, 5.41) is 14.3. The molecular weight excluding hydrogens is 260 g/mol. The summed E-state index contributed by atoms with van der Waals surface area (Å²) in [6, 6.07) is 8.91. The second kappa shape index (κ2) is 7.36. The number of aromatic nitrogens is 2. The molecule has 1 aromatic carbocycles. The molecule has 4 nitrogen and oxygen atoms in total. The third-order valence-corrected chi connectivity index (χ3v) is 3.98. The van der Waals surface area contributed by atoms with Gasteiger partial charge in [0.2, 0.25) is 0 Å². The Labute approximate surface area is 127 Å². The van der Waals surface area contributed by atoms with Crippen molar-refractivity contribution >= 4 is 16.6 Å². The Bertz CT molecular complexity index is 580. The first kappa shape index (κ1) is 15.7.